The van der Waals surface area contributed by atoms with Crippen molar-refractivity contribution in [1.29, 1.82) is 0 Å². The van der Waals surface area contributed by atoms with Crippen molar-refractivity contribution in [1.82, 2.24) is 14.5 Å². The van der Waals surface area contributed by atoms with Crippen molar-refractivity contribution in [2.24, 2.45) is 7.05 Å². The molecule has 6 nitrogen and oxygen atoms in total. The Balaban J connectivity index is 1.73. The smallest absolute Gasteiger partial charge is 0.306 e. The van der Waals surface area contributed by atoms with Crippen LogP contribution in [0.3, 0.4) is 0 Å². The number of nitrogens with zero attached hydrogens (tertiary/aromatic N) is 3. The summed E-state index contributed by atoms with van der Waals surface area (Å²) in [5.41, 5.74) is 2.12. The van der Waals surface area contributed by atoms with Gasteiger partial charge in [-0.3, -0.25) is 9.69 Å². The van der Waals surface area contributed by atoms with Crippen LogP contribution in [0.5, 0.6) is 0 Å². The van der Waals surface area contributed by atoms with Gasteiger partial charge in [0.15, 0.2) is 0 Å². The van der Waals surface area contributed by atoms with Crippen LogP contribution in [0.2, 0.25) is 0 Å². The second-order valence-electron chi connectivity index (χ2n) is 6.27. The normalized spacial score (nSPS) is 17.7. The molecule has 6 heteroatoms. The molecule has 1 saturated heterocycles. The Kier molecular flexibility index (Phi) is 5.48. The number of imidazole rings is 1. The monoisotopic (exact) mass is 331 g/mol. The summed E-state index contributed by atoms with van der Waals surface area (Å²) >= 11 is 0. The standard InChI is InChI=1S/C18H25N3O3/c1-20-16-8-4-3-7-15(16)19-17(20)13-21(10-9-18(22)23-2)12-14-6-5-11-24-14/h3-4,7-8,14H,5-6,9-13H2,1-2H3/t14-/m0/s1. The summed E-state index contributed by atoms with van der Waals surface area (Å²) in [6, 6.07) is 8.12. The number of esters is 1. The zero-order valence-electron chi connectivity index (χ0n) is 14.4. The van der Waals surface area contributed by atoms with Gasteiger partial charge in [-0.05, 0) is 25.0 Å². The molecule has 1 aromatic heterocycles. The number of methoxy groups -OCH3 is 1. The Morgan fingerprint density at radius 1 is 1.46 bits per heavy atom. The number of ether oxygens (including phenoxy) is 2. The summed E-state index contributed by atoms with van der Waals surface area (Å²) in [5.74, 6) is 0.816. The van der Waals surface area contributed by atoms with Crippen LogP contribution in [0.4, 0.5) is 0 Å². The molecule has 130 valence electrons. The number of para-hydroxylation sites is 2. The number of carbonyl (C=O) groups is 1. The van der Waals surface area contributed by atoms with E-state index in [-0.39, 0.29) is 12.1 Å². The number of hydrogen-bond acceptors (Lipinski definition) is 5. The Hall–Kier alpha value is -1.92. The van der Waals surface area contributed by atoms with Crippen molar-refractivity contribution in [3.8, 4) is 0 Å². The summed E-state index contributed by atoms with van der Waals surface area (Å²) in [5, 5.41) is 0. The lowest BCUT2D eigenvalue weighted by molar-refractivity contribution is -0.141. The van der Waals surface area contributed by atoms with Gasteiger partial charge in [0.05, 0.1) is 37.2 Å². The molecular weight excluding hydrogens is 306 g/mol. The van der Waals surface area contributed by atoms with E-state index >= 15 is 0 Å². The van der Waals surface area contributed by atoms with Gasteiger partial charge in [0.2, 0.25) is 0 Å². The van der Waals surface area contributed by atoms with Gasteiger partial charge in [-0.1, -0.05) is 12.1 Å². The molecule has 2 heterocycles. The van der Waals surface area contributed by atoms with Crippen LogP contribution >= 0.6 is 0 Å². The third-order valence-electron chi connectivity index (χ3n) is 4.59. The molecule has 3 rings (SSSR count). The molecule has 1 aromatic carbocycles. The second kappa shape index (κ2) is 7.77. The molecule has 2 aromatic rings. The third-order valence-corrected chi connectivity index (χ3v) is 4.59. The molecule has 0 radical (unpaired) electrons. The molecule has 1 atom stereocenters. The molecule has 24 heavy (non-hydrogen) atoms. The molecular formula is C18H25N3O3. The first-order chi connectivity index (χ1) is 11.7. The first kappa shape index (κ1) is 16.9. The van der Waals surface area contributed by atoms with E-state index in [9.17, 15) is 4.79 Å². The van der Waals surface area contributed by atoms with Crippen molar-refractivity contribution in [2.75, 3.05) is 26.8 Å². The number of aryl methyl sites for hydroxylation is 1. The van der Waals surface area contributed by atoms with Crippen LogP contribution in [0.25, 0.3) is 11.0 Å². The van der Waals surface area contributed by atoms with Crippen LogP contribution in [-0.4, -0.2) is 53.3 Å². The Morgan fingerprint density at radius 2 is 2.29 bits per heavy atom. The quantitative estimate of drug-likeness (QED) is 0.728. The highest BCUT2D eigenvalue weighted by molar-refractivity contribution is 5.75. The first-order valence-corrected chi connectivity index (χ1v) is 8.48. The van der Waals surface area contributed by atoms with Gasteiger partial charge in [-0.15, -0.1) is 0 Å². The number of fused-ring (bicyclic) bond motifs is 1. The number of rotatable bonds is 7. The van der Waals surface area contributed by atoms with E-state index in [1.54, 1.807) is 0 Å². The van der Waals surface area contributed by atoms with Crippen LogP contribution in [0, 0.1) is 0 Å². The van der Waals surface area contributed by atoms with Gasteiger partial charge >= 0.3 is 5.97 Å². The SMILES string of the molecule is COC(=O)CCN(Cc1nc2ccccc2n1C)C[C@@H]1CCCO1. The second-order valence-corrected chi connectivity index (χ2v) is 6.27. The fourth-order valence-electron chi connectivity index (χ4n) is 3.20. The summed E-state index contributed by atoms with van der Waals surface area (Å²) in [4.78, 5) is 18.5. The minimum Gasteiger partial charge on any atom is -0.469 e. The van der Waals surface area contributed by atoms with E-state index in [0.717, 1.165) is 42.9 Å². The topological polar surface area (TPSA) is 56.6 Å². The Labute approximate surface area is 142 Å². The van der Waals surface area contributed by atoms with Crippen LogP contribution in [0.1, 0.15) is 25.1 Å². The lowest BCUT2D eigenvalue weighted by Gasteiger charge is -2.24. The lowest BCUT2D eigenvalue weighted by atomic mass is 10.2. The van der Waals surface area contributed by atoms with Crippen molar-refractivity contribution in [3.63, 3.8) is 0 Å². The minimum atomic E-state index is -0.183. The van der Waals surface area contributed by atoms with Gasteiger partial charge in [0.25, 0.3) is 0 Å². The number of hydrogen-bond donors (Lipinski definition) is 0. The van der Waals surface area contributed by atoms with E-state index < -0.39 is 0 Å². The van der Waals surface area contributed by atoms with Crippen molar-refractivity contribution < 1.29 is 14.3 Å². The predicted octanol–water partition coefficient (Wildman–Crippen LogP) is 2.12. The molecule has 0 bridgehead atoms. The minimum absolute atomic E-state index is 0.183. The highest BCUT2D eigenvalue weighted by Gasteiger charge is 2.21. The van der Waals surface area contributed by atoms with E-state index in [4.69, 9.17) is 14.5 Å². The molecule has 1 aliphatic rings. The van der Waals surface area contributed by atoms with E-state index in [1.807, 2.05) is 25.2 Å². The third kappa shape index (κ3) is 3.94. The van der Waals surface area contributed by atoms with Crippen molar-refractivity contribution >= 4 is 17.0 Å². The zero-order chi connectivity index (χ0) is 16.9. The highest BCUT2D eigenvalue weighted by atomic mass is 16.5. The largest absolute Gasteiger partial charge is 0.469 e. The maximum Gasteiger partial charge on any atom is 0.306 e. The van der Waals surface area contributed by atoms with Gasteiger partial charge in [-0.2, -0.15) is 0 Å². The number of carbonyl (C=O) groups excluding carboxylic acids is 1. The lowest BCUT2D eigenvalue weighted by Crippen LogP contribution is -2.34. The average Bonchev–Trinajstić information content (AvgIpc) is 3.21. The number of aromatic nitrogens is 2. The van der Waals surface area contributed by atoms with E-state index in [2.05, 4.69) is 15.5 Å². The van der Waals surface area contributed by atoms with Gasteiger partial charge in [-0.25, -0.2) is 4.98 Å². The summed E-state index contributed by atoms with van der Waals surface area (Å²) in [7, 11) is 3.47. The fourth-order valence-corrected chi connectivity index (χ4v) is 3.20. The predicted molar refractivity (Wildman–Crippen MR) is 91.6 cm³/mol. The Morgan fingerprint density at radius 3 is 3.00 bits per heavy atom. The van der Waals surface area contributed by atoms with E-state index in [0.29, 0.717) is 19.5 Å². The zero-order valence-corrected chi connectivity index (χ0v) is 14.4. The highest BCUT2D eigenvalue weighted by Crippen LogP contribution is 2.18. The molecule has 0 aliphatic carbocycles. The summed E-state index contributed by atoms with van der Waals surface area (Å²) in [6.45, 7) is 3.00. The van der Waals surface area contributed by atoms with Crippen molar-refractivity contribution in [2.45, 2.75) is 31.9 Å². The van der Waals surface area contributed by atoms with Crippen molar-refractivity contribution in [3.05, 3.63) is 30.1 Å². The molecule has 0 N–H and O–H groups in total. The van der Waals surface area contributed by atoms with E-state index in [1.165, 1.54) is 7.11 Å². The molecule has 1 aliphatic heterocycles. The van der Waals surface area contributed by atoms with Gasteiger partial charge < -0.3 is 14.0 Å². The molecule has 0 unspecified atom stereocenters. The van der Waals surface area contributed by atoms with Gasteiger partial charge in [0, 0.05) is 26.7 Å². The number of benzene rings is 1. The van der Waals surface area contributed by atoms with Crippen LogP contribution in [-0.2, 0) is 27.9 Å². The summed E-state index contributed by atoms with van der Waals surface area (Å²) < 4.78 is 12.7. The molecule has 0 saturated carbocycles. The fraction of sp³-hybridized carbons (Fsp3) is 0.556. The first-order valence-electron chi connectivity index (χ1n) is 8.48. The van der Waals surface area contributed by atoms with Crippen LogP contribution < -0.4 is 0 Å². The average molecular weight is 331 g/mol. The molecule has 0 amide bonds. The summed E-state index contributed by atoms with van der Waals surface area (Å²) in [6.07, 6.45) is 2.82. The molecule has 1 fully saturated rings. The molecule has 0 spiro atoms. The Bertz CT molecular complexity index is 692. The maximum absolute atomic E-state index is 11.5. The maximum atomic E-state index is 11.5. The van der Waals surface area contributed by atoms with Gasteiger partial charge in [0.1, 0.15) is 5.82 Å². The van der Waals surface area contributed by atoms with Crippen LogP contribution in [0.15, 0.2) is 24.3 Å².